The summed E-state index contributed by atoms with van der Waals surface area (Å²) in [7, 11) is 3.26. The molecule has 0 spiro atoms. The first kappa shape index (κ1) is 19.2. The monoisotopic (exact) mass is 377 g/mol. The van der Waals surface area contributed by atoms with Crippen molar-refractivity contribution in [3.05, 3.63) is 78.1 Å². The second kappa shape index (κ2) is 9.41. The summed E-state index contributed by atoms with van der Waals surface area (Å²) in [6.07, 6.45) is 2.35. The fraction of sp³-hybridized carbons (Fsp3) is 0.182. The number of anilines is 2. The van der Waals surface area contributed by atoms with E-state index >= 15 is 0 Å². The lowest BCUT2D eigenvalue weighted by molar-refractivity contribution is 0.0949. The van der Waals surface area contributed by atoms with E-state index in [1.54, 1.807) is 26.5 Å². The lowest BCUT2D eigenvalue weighted by atomic mass is 10.1. The number of carbonyl (C=O) groups is 1. The number of nitrogens with one attached hydrogen (secondary N) is 2. The van der Waals surface area contributed by atoms with Crippen LogP contribution in [-0.4, -0.2) is 31.7 Å². The van der Waals surface area contributed by atoms with Crippen LogP contribution in [0.3, 0.4) is 0 Å². The van der Waals surface area contributed by atoms with Gasteiger partial charge in [-0.1, -0.05) is 18.2 Å². The molecule has 6 nitrogen and oxygen atoms in total. The lowest BCUT2D eigenvalue weighted by Crippen LogP contribution is -2.26. The van der Waals surface area contributed by atoms with Crippen LogP contribution in [0.1, 0.15) is 16.1 Å². The van der Waals surface area contributed by atoms with Gasteiger partial charge < -0.3 is 20.1 Å². The van der Waals surface area contributed by atoms with Crippen LogP contribution >= 0.6 is 0 Å². The molecule has 0 saturated carbocycles. The smallest absolute Gasteiger partial charge is 0.269 e. The molecule has 0 aliphatic heterocycles. The Labute approximate surface area is 164 Å². The molecule has 1 aromatic heterocycles. The molecule has 0 aliphatic carbocycles. The molecular weight excluding hydrogens is 354 g/mol. The third kappa shape index (κ3) is 5.23. The fourth-order valence-corrected chi connectivity index (χ4v) is 2.70. The van der Waals surface area contributed by atoms with Crippen LogP contribution in [-0.2, 0) is 6.42 Å². The molecule has 0 aliphatic rings. The van der Waals surface area contributed by atoms with E-state index in [1.807, 2.05) is 54.6 Å². The van der Waals surface area contributed by atoms with Crippen molar-refractivity contribution in [2.75, 3.05) is 26.1 Å². The molecule has 0 saturated heterocycles. The highest BCUT2D eigenvalue weighted by atomic mass is 16.5. The van der Waals surface area contributed by atoms with E-state index in [-0.39, 0.29) is 5.91 Å². The van der Waals surface area contributed by atoms with Gasteiger partial charge in [-0.05, 0) is 48.4 Å². The van der Waals surface area contributed by atoms with Crippen LogP contribution in [0.25, 0.3) is 0 Å². The zero-order valence-corrected chi connectivity index (χ0v) is 15.9. The highest BCUT2D eigenvalue weighted by molar-refractivity contribution is 5.93. The summed E-state index contributed by atoms with van der Waals surface area (Å²) in [4.78, 5) is 16.6. The maximum atomic E-state index is 12.4. The van der Waals surface area contributed by atoms with Gasteiger partial charge in [0.15, 0.2) is 0 Å². The Hall–Kier alpha value is -3.54. The minimum atomic E-state index is -0.206. The maximum Gasteiger partial charge on any atom is 0.269 e. The number of ether oxygens (including phenoxy) is 2. The molecule has 0 unspecified atom stereocenters. The van der Waals surface area contributed by atoms with Gasteiger partial charge >= 0.3 is 0 Å². The Kier molecular flexibility index (Phi) is 6.46. The minimum Gasteiger partial charge on any atom is -0.497 e. The van der Waals surface area contributed by atoms with E-state index in [9.17, 15) is 4.79 Å². The number of hydrogen-bond donors (Lipinski definition) is 2. The Morgan fingerprint density at radius 3 is 2.43 bits per heavy atom. The molecule has 2 N–H and O–H groups in total. The number of hydrogen-bond acceptors (Lipinski definition) is 5. The molecule has 1 heterocycles. The van der Waals surface area contributed by atoms with Crippen molar-refractivity contribution < 1.29 is 14.3 Å². The molecule has 0 atom stereocenters. The summed E-state index contributed by atoms with van der Waals surface area (Å²) in [5, 5.41) is 6.16. The predicted molar refractivity (Wildman–Crippen MR) is 110 cm³/mol. The highest BCUT2D eigenvalue weighted by Gasteiger charge is 2.08. The Morgan fingerprint density at radius 2 is 1.68 bits per heavy atom. The molecule has 0 fully saturated rings. The van der Waals surface area contributed by atoms with Crippen LogP contribution in [0.15, 0.2) is 66.9 Å². The van der Waals surface area contributed by atoms with E-state index in [1.165, 1.54) is 0 Å². The van der Waals surface area contributed by atoms with E-state index in [0.29, 0.717) is 12.2 Å². The molecule has 1 amide bonds. The first-order chi connectivity index (χ1) is 13.7. The normalized spacial score (nSPS) is 10.2. The number of amides is 1. The predicted octanol–water partition coefficient (Wildman–Crippen LogP) is 3.81. The van der Waals surface area contributed by atoms with Crippen molar-refractivity contribution in [3.63, 3.8) is 0 Å². The van der Waals surface area contributed by atoms with Gasteiger partial charge in [-0.2, -0.15) is 0 Å². The van der Waals surface area contributed by atoms with Gasteiger partial charge in [-0.15, -0.1) is 0 Å². The van der Waals surface area contributed by atoms with E-state index < -0.39 is 0 Å². The van der Waals surface area contributed by atoms with Gasteiger partial charge in [0.05, 0.1) is 14.2 Å². The zero-order chi connectivity index (χ0) is 19.8. The molecule has 2 aromatic carbocycles. The molecule has 0 radical (unpaired) electrons. The van der Waals surface area contributed by atoms with Crippen molar-refractivity contribution in [2.45, 2.75) is 6.42 Å². The average molecular weight is 377 g/mol. The van der Waals surface area contributed by atoms with Gasteiger partial charge in [0.25, 0.3) is 5.91 Å². The molecule has 3 rings (SSSR count). The Bertz CT molecular complexity index is 926. The standard InChI is InChI=1S/C22H23N3O3/c1-27-19-8-6-16(7-9-19)10-12-24-22(26)21-15-18(11-13-23-21)25-17-4-3-5-20(14-17)28-2/h3-9,11,13-15H,10,12H2,1-2H3,(H,23,25)(H,24,26). The average Bonchev–Trinajstić information content (AvgIpc) is 2.74. The lowest BCUT2D eigenvalue weighted by Gasteiger charge is -2.10. The van der Waals surface area contributed by atoms with Crippen LogP contribution in [0, 0.1) is 0 Å². The summed E-state index contributed by atoms with van der Waals surface area (Å²) in [6, 6.07) is 18.9. The van der Waals surface area contributed by atoms with Crippen LogP contribution < -0.4 is 20.1 Å². The van der Waals surface area contributed by atoms with Crippen LogP contribution in [0.5, 0.6) is 11.5 Å². The molecular formula is C22H23N3O3. The first-order valence-corrected chi connectivity index (χ1v) is 8.96. The number of rotatable bonds is 8. The second-order valence-corrected chi connectivity index (χ2v) is 6.14. The third-order valence-electron chi connectivity index (χ3n) is 4.21. The zero-order valence-electron chi connectivity index (χ0n) is 15.9. The number of nitrogens with zero attached hydrogens (tertiary/aromatic N) is 1. The Balaban J connectivity index is 1.57. The molecule has 144 valence electrons. The van der Waals surface area contributed by atoms with Crippen molar-refractivity contribution in [1.82, 2.24) is 10.3 Å². The number of carbonyl (C=O) groups excluding carboxylic acids is 1. The van der Waals surface area contributed by atoms with Crippen molar-refractivity contribution in [3.8, 4) is 11.5 Å². The summed E-state index contributed by atoms with van der Waals surface area (Å²) < 4.78 is 10.4. The van der Waals surface area contributed by atoms with Gasteiger partial charge in [-0.3, -0.25) is 9.78 Å². The molecule has 0 bridgehead atoms. The third-order valence-corrected chi connectivity index (χ3v) is 4.21. The second-order valence-electron chi connectivity index (χ2n) is 6.14. The first-order valence-electron chi connectivity index (χ1n) is 8.96. The van der Waals surface area contributed by atoms with Gasteiger partial charge in [0.2, 0.25) is 0 Å². The number of benzene rings is 2. The minimum absolute atomic E-state index is 0.206. The summed E-state index contributed by atoms with van der Waals surface area (Å²) >= 11 is 0. The van der Waals surface area contributed by atoms with E-state index in [2.05, 4.69) is 15.6 Å². The fourth-order valence-electron chi connectivity index (χ4n) is 2.70. The summed E-state index contributed by atoms with van der Waals surface area (Å²) in [5.74, 6) is 1.37. The Morgan fingerprint density at radius 1 is 0.929 bits per heavy atom. The van der Waals surface area contributed by atoms with E-state index in [4.69, 9.17) is 9.47 Å². The molecule has 28 heavy (non-hydrogen) atoms. The highest BCUT2D eigenvalue weighted by Crippen LogP contribution is 2.21. The van der Waals surface area contributed by atoms with Crippen LogP contribution in [0.2, 0.25) is 0 Å². The maximum absolute atomic E-state index is 12.4. The molecule has 3 aromatic rings. The van der Waals surface area contributed by atoms with Crippen molar-refractivity contribution in [2.24, 2.45) is 0 Å². The van der Waals surface area contributed by atoms with Crippen LogP contribution in [0.4, 0.5) is 11.4 Å². The quantitative estimate of drug-likeness (QED) is 0.624. The molecule has 6 heteroatoms. The number of methoxy groups -OCH3 is 2. The van der Waals surface area contributed by atoms with Gasteiger partial charge in [0.1, 0.15) is 17.2 Å². The van der Waals surface area contributed by atoms with Gasteiger partial charge in [-0.25, -0.2) is 0 Å². The van der Waals surface area contributed by atoms with Crippen molar-refractivity contribution >= 4 is 17.3 Å². The largest absolute Gasteiger partial charge is 0.497 e. The number of pyridine rings is 1. The summed E-state index contributed by atoms with van der Waals surface area (Å²) in [6.45, 7) is 0.528. The summed E-state index contributed by atoms with van der Waals surface area (Å²) in [5.41, 5.74) is 3.14. The van der Waals surface area contributed by atoms with Crippen molar-refractivity contribution in [1.29, 1.82) is 0 Å². The topological polar surface area (TPSA) is 72.5 Å². The van der Waals surface area contributed by atoms with E-state index in [0.717, 1.165) is 34.9 Å². The van der Waals surface area contributed by atoms with Gasteiger partial charge in [0, 0.05) is 30.2 Å². The number of aromatic nitrogens is 1. The SMILES string of the molecule is COc1ccc(CCNC(=O)c2cc(Nc3cccc(OC)c3)ccn2)cc1.